The lowest BCUT2D eigenvalue weighted by molar-refractivity contribution is -0.144. The van der Waals surface area contributed by atoms with Crippen molar-refractivity contribution in [2.24, 2.45) is 0 Å². The molecule has 0 radical (unpaired) electrons. The summed E-state index contributed by atoms with van der Waals surface area (Å²) in [6, 6.07) is 13.5. The first-order valence-corrected chi connectivity index (χ1v) is 8.99. The van der Waals surface area contributed by atoms with Gasteiger partial charge in [0.15, 0.2) is 17.6 Å². The largest absolute Gasteiger partial charge is 0.490 e. The number of rotatable bonds is 7. The number of ether oxygens (including phenoxy) is 2. The number of carboxylic acid groups (broad SMARTS) is 1. The summed E-state index contributed by atoms with van der Waals surface area (Å²) in [5, 5.41) is 10.2. The molecule has 1 aliphatic heterocycles. The highest BCUT2D eigenvalue weighted by Crippen LogP contribution is 2.31. The Hall–Kier alpha value is -3.81. The predicted octanol–water partition coefficient (Wildman–Crippen LogP) is 2.40. The predicted molar refractivity (Wildman–Crippen MR) is 105 cm³/mol. The number of anilines is 1. The lowest BCUT2D eigenvalue weighted by atomic mass is 10.1. The Morgan fingerprint density at radius 3 is 2.55 bits per heavy atom. The summed E-state index contributed by atoms with van der Waals surface area (Å²) in [4.78, 5) is 36.0. The van der Waals surface area contributed by atoms with E-state index in [1.54, 1.807) is 49.4 Å². The van der Waals surface area contributed by atoms with E-state index in [-0.39, 0.29) is 11.3 Å². The van der Waals surface area contributed by atoms with E-state index in [1.165, 1.54) is 18.0 Å². The zero-order chi connectivity index (χ0) is 21.0. The molecule has 8 heteroatoms. The number of hydrogen-bond acceptors (Lipinski definition) is 5. The van der Waals surface area contributed by atoms with Crippen LogP contribution in [0.25, 0.3) is 6.08 Å². The van der Waals surface area contributed by atoms with Gasteiger partial charge >= 0.3 is 5.97 Å². The van der Waals surface area contributed by atoms with Crippen LogP contribution in [0.5, 0.6) is 11.5 Å². The maximum atomic E-state index is 12.7. The Bertz CT molecular complexity index is 970. The van der Waals surface area contributed by atoms with Crippen molar-refractivity contribution in [1.29, 1.82) is 0 Å². The molecule has 8 nitrogen and oxygen atoms in total. The number of nitrogens with one attached hydrogen (secondary N) is 1. The number of hydrogen-bond donors (Lipinski definition) is 2. The molecule has 1 saturated heterocycles. The lowest BCUT2D eigenvalue weighted by Crippen LogP contribution is -2.35. The van der Waals surface area contributed by atoms with Gasteiger partial charge in [0.2, 0.25) is 0 Å². The van der Waals surface area contributed by atoms with Gasteiger partial charge in [-0.1, -0.05) is 24.3 Å². The van der Waals surface area contributed by atoms with Crippen LogP contribution in [0.2, 0.25) is 0 Å². The summed E-state index contributed by atoms with van der Waals surface area (Å²) in [6.45, 7) is 3.52. The normalized spacial score (nSPS) is 15.9. The minimum Gasteiger partial charge on any atom is -0.490 e. The number of amides is 2. The molecule has 0 saturated carbocycles. The third-order valence-electron chi connectivity index (χ3n) is 4.14. The first-order valence-electron chi connectivity index (χ1n) is 8.99. The van der Waals surface area contributed by atoms with E-state index in [4.69, 9.17) is 14.6 Å². The minimum atomic E-state index is -1.10. The minimum absolute atomic E-state index is 0.0242. The van der Waals surface area contributed by atoms with E-state index in [9.17, 15) is 14.4 Å². The van der Waals surface area contributed by atoms with Crippen LogP contribution < -0.4 is 19.9 Å². The van der Waals surface area contributed by atoms with Crippen molar-refractivity contribution in [1.82, 2.24) is 5.43 Å². The third-order valence-corrected chi connectivity index (χ3v) is 4.14. The van der Waals surface area contributed by atoms with Gasteiger partial charge in [-0.2, -0.15) is 0 Å². The van der Waals surface area contributed by atoms with Crippen molar-refractivity contribution >= 4 is 29.5 Å². The van der Waals surface area contributed by atoms with Gasteiger partial charge in [-0.05, 0) is 49.8 Å². The van der Waals surface area contributed by atoms with Gasteiger partial charge < -0.3 is 14.6 Å². The summed E-state index contributed by atoms with van der Waals surface area (Å²) in [5.74, 6) is -1.51. The molecule has 0 unspecified atom stereocenters. The number of para-hydroxylation sites is 1. The molecule has 1 aliphatic rings. The molecule has 2 aromatic carbocycles. The first kappa shape index (κ1) is 19.9. The Balaban J connectivity index is 1.89. The van der Waals surface area contributed by atoms with Gasteiger partial charge in [-0.15, -0.1) is 0 Å². The van der Waals surface area contributed by atoms with Crippen LogP contribution in [0.4, 0.5) is 5.69 Å². The third kappa shape index (κ3) is 4.37. The van der Waals surface area contributed by atoms with Crippen LogP contribution in [0, 0.1) is 0 Å². The van der Waals surface area contributed by atoms with Crippen molar-refractivity contribution in [3.05, 3.63) is 59.7 Å². The number of hydrazine groups is 1. The highest BCUT2D eigenvalue weighted by molar-refractivity contribution is 6.31. The second kappa shape index (κ2) is 8.47. The van der Waals surface area contributed by atoms with Crippen LogP contribution in [-0.4, -0.2) is 35.6 Å². The number of benzene rings is 2. The lowest BCUT2D eigenvalue weighted by Gasteiger charge is -2.15. The molecular formula is C21H20N2O6. The molecule has 1 fully saturated rings. The fourth-order valence-corrected chi connectivity index (χ4v) is 2.70. The zero-order valence-electron chi connectivity index (χ0n) is 15.9. The Labute approximate surface area is 167 Å². The molecule has 150 valence electrons. The molecule has 2 aromatic rings. The van der Waals surface area contributed by atoms with Crippen molar-refractivity contribution in [3.63, 3.8) is 0 Å². The standard InChI is InChI=1S/C21H20N2O6/c1-3-28-18-12-14(9-10-17(18)29-13(2)21(26)27)11-16-19(24)22-23(20(16)25)15-7-5-4-6-8-15/h4-13H,3H2,1-2H3,(H,22,24)(H,26,27)/b16-11-/t13-/m0/s1. The molecule has 2 N–H and O–H groups in total. The van der Waals surface area contributed by atoms with Gasteiger partial charge in [0.1, 0.15) is 5.57 Å². The molecule has 1 heterocycles. The summed E-state index contributed by atoms with van der Waals surface area (Å²) in [7, 11) is 0. The molecular weight excluding hydrogens is 376 g/mol. The monoisotopic (exact) mass is 396 g/mol. The van der Waals surface area contributed by atoms with Crippen molar-refractivity contribution in [2.45, 2.75) is 20.0 Å². The van der Waals surface area contributed by atoms with Gasteiger partial charge in [-0.3, -0.25) is 15.0 Å². The van der Waals surface area contributed by atoms with Crippen LogP contribution >= 0.6 is 0 Å². The van der Waals surface area contributed by atoms with E-state index in [1.807, 2.05) is 6.07 Å². The maximum Gasteiger partial charge on any atom is 0.344 e. The molecule has 0 spiro atoms. The maximum absolute atomic E-state index is 12.7. The van der Waals surface area contributed by atoms with Gasteiger partial charge in [0.25, 0.3) is 11.8 Å². The van der Waals surface area contributed by atoms with Gasteiger partial charge in [0.05, 0.1) is 12.3 Å². The number of carbonyl (C=O) groups excluding carboxylic acids is 2. The summed E-state index contributed by atoms with van der Waals surface area (Å²) < 4.78 is 10.9. The highest BCUT2D eigenvalue weighted by atomic mass is 16.5. The molecule has 0 aromatic heterocycles. The molecule has 0 aliphatic carbocycles. The summed E-state index contributed by atoms with van der Waals surface area (Å²) >= 11 is 0. The summed E-state index contributed by atoms with van der Waals surface area (Å²) in [6.07, 6.45) is 0.396. The van der Waals surface area contributed by atoms with E-state index < -0.39 is 23.9 Å². The van der Waals surface area contributed by atoms with Crippen LogP contribution in [-0.2, 0) is 14.4 Å². The highest BCUT2D eigenvalue weighted by Gasteiger charge is 2.34. The average molecular weight is 396 g/mol. The molecule has 2 amide bonds. The second-order valence-corrected chi connectivity index (χ2v) is 6.21. The zero-order valence-corrected chi connectivity index (χ0v) is 15.9. The number of carboxylic acids is 1. The quantitative estimate of drug-likeness (QED) is 0.550. The van der Waals surface area contributed by atoms with E-state index in [2.05, 4.69) is 5.43 Å². The Morgan fingerprint density at radius 1 is 1.17 bits per heavy atom. The second-order valence-electron chi connectivity index (χ2n) is 6.21. The summed E-state index contributed by atoms with van der Waals surface area (Å²) in [5.41, 5.74) is 3.60. The number of nitrogens with zero attached hydrogens (tertiary/aromatic N) is 1. The average Bonchev–Trinajstić information content (AvgIpc) is 2.99. The Kier molecular flexibility index (Phi) is 5.82. The van der Waals surface area contributed by atoms with E-state index in [0.717, 1.165) is 0 Å². The molecule has 1 atom stereocenters. The van der Waals surface area contributed by atoms with E-state index >= 15 is 0 Å². The fourth-order valence-electron chi connectivity index (χ4n) is 2.70. The van der Waals surface area contributed by atoms with Gasteiger partial charge in [-0.25, -0.2) is 9.80 Å². The molecule has 0 bridgehead atoms. The number of aliphatic carboxylic acids is 1. The van der Waals surface area contributed by atoms with Crippen molar-refractivity contribution < 1.29 is 29.0 Å². The molecule has 3 rings (SSSR count). The van der Waals surface area contributed by atoms with Crippen LogP contribution in [0.1, 0.15) is 19.4 Å². The number of carbonyl (C=O) groups is 3. The van der Waals surface area contributed by atoms with Gasteiger partial charge in [0, 0.05) is 0 Å². The molecule has 29 heavy (non-hydrogen) atoms. The van der Waals surface area contributed by atoms with E-state index in [0.29, 0.717) is 23.6 Å². The SMILES string of the molecule is CCOc1cc(/C=C2/C(=O)NN(c3ccccc3)C2=O)ccc1O[C@@H](C)C(=O)O. The fraction of sp³-hybridized carbons (Fsp3) is 0.190. The van der Waals surface area contributed by atoms with Crippen LogP contribution in [0.15, 0.2) is 54.1 Å². The topological polar surface area (TPSA) is 105 Å². The van der Waals surface area contributed by atoms with Crippen molar-refractivity contribution in [3.8, 4) is 11.5 Å². The van der Waals surface area contributed by atoms with Crippen LogP contribution in [0.3, 0.4) is 0 Å². The first-order chi connectivity index (χ1) is 13.9. The smallest absolute Gasteiger partial charge is 0.344 e. The Morgan fingerprint density at radius 2 is 1.90 bits per heavy atom. The van der Waals surface area contributed by atoms with Crippen molar-refractivity contribution in [2.75, 3.05) is 11.6 Å².